The van der Waals surface area contributed by atoms with Crippen LogP contribution in [0.4, 0.5) is 33.6 Å². The Morgan fingerprint density at radius 3 is 2.47 bits per heavy atom. The van der Waals surface area contributed by atoms with Crippen LogP contribution in [0.25, 0.3) is 11.2 Å². The van der Waals surface area contributed by atoms with Gasteiger partial charge in [0.25, 0.3) is 6.43 Å². The summed E-state index contributed by atoms with van der Waals surface area (Å²) in [7, 11) is 0. The van der Waals surface area contributed by atoms with Crippen molar-refractivity contribution in [2.75, 3.05) is 36.0 Å². The Morgan fingerprint density at radius 1 is 1.06 bits per heavy atom. The van der Waals surface area contributed by atoms with Crippen LogP contribution in [0.1, 0.15) is 30.6 Å². The van der Waals surface area contributed by atoms with E-state index < -0.39 is 24.8 Å². The van der Waals surface area contributed by atoms with Gasteiger partial charge < -0.3 is 9.80 Å². The molecule has 0 amide bonds. The molecular formula is C21H23F5N8. The average Bonchev–Trinajstić information content (AvgIpc) is 3.33. The highest BCUT2D eigenvalue weighted by Gasteiger charge is 2.49. The Labute approximate surface area is 191 Å². The number of hydrogen-bond donors (Lipinski definition) is 0. The van der Waals surface area contributed by atoms with E-state index in [-0.39, 0.29) is 17.1 Å². The molecule has 8 nitrogen and oxygen atoms in total. The first-order valence-electron chi connectivity index (χ1n) is 11.0. The average molecular weight is 482 g/mol. The number of halogens is 5. The van der Waals surface area contributed by atoms with Crippen LogP contribution in [-0.2, 0) is 19.1 Å². The van der Waals surface area contributed by atoms with Crippen LogP contribution in [0.5, 0.6) is 0 Å². The van der Waals surface area contributed by atoms with Crippen molar-refractivity contribution in [1.82, 2.24) is 29.7 Å². The number of rotatable bonds is 5. The Hall–Kier alpha value is -3.12. The Kier molecular flexibility index (Phi) is 5.32. The van der Waals surface area contributed by atoms with Gasteiger partial charge in [0.2, 0.25) is 0 Å². The molecule has 0 unspecified atom stereocenters. The summed E-state index contributed by atoms with van der Waals surface area (Å²) in [5.41, 5.74) is 0.434. The largest absolute Gasteiger partial charge is 0.433 e. The molecule has 0 aliphatic carbocycles. The monoisotopic (exact) mass is 482 g/mol. The summed E-state index contributed by atoms with van der Waals surface area (Å²) in [6, 6.07) is 0.988. The molecule has 2 aliphatic heterocycles. The van der Waals surface area contributed by atoms with Crippen molar-refractivity contribution >= 4 is 22.8 Å². The number of aromatic nitrogens is 6. The van der Waals surface area contributed by atoms with E-state index in [9.17, 15) is 22.0 Å². The van der Waals surface area contributed by atoms with E-state index in [0.29, 0.717) is 55.3 Å². The van der Waals surface area contributed by atoms with Gasteiger partial charge in [-0.2, -0.15) is 18.3 Å². The van der Waals surface area contributed by atoms with Crippen molar-refractivity contribution in [3.63, 3.8) is 0 Å². The highest BCUT2D eigenvalue weighted by Crippen LogP contribution is 2.43. The fourth-order valence-corrected chi connectivity index (χ4v) is 4.82. The number of nitrogens with zero attached hydrogens (tertiary/aromatic N) is 8. The van der Waals surface area contributed by atoms with E-state index in [1.807, 2.05) is 16.7 Å². The quantitative estimate of drug-likeness (QED) is 0.516. The molecule has 0 atom stereocenters. The summed E-state index contributed by atoms with van der Waals surface area (Å²) >= 11 is 0. The second-order valence-electron chi connectivity index (χ2n) is 8.96. The van der Waals surface area contributed by atoms with Gasteiger partial charge in [0.1, 0.15) is 35.2 Å². The molecule has 0 aromatic carbocycles. The van der Waals surface area contributed by atoms with E-state index in [4.69, 9.17) is 0 Å². The van der Waals surface area contributed by atoms with Crippen LogP contribution in [0.3, 0.4) is 0 Å². The SMILES string of the molecule is CCc1nn(CC(F)F)c2nc(N3CCC4(CN(c5cc(C(F)(F)F)nc(C)n5)C4)C3)cnc12. The third-order valence-electron chi connectivity index (χ3n) is 6.40. The summed E-state index contributed by atoms with van der Waals surface area (Å²) in [4.78, 5) is 20.6. The van der Waals surface area contributed by atoms with Crippen LogP contribution < -0.4 is 9.80 Å². The van der Waals surface area contributed by atoms with Gasteiger partial charge in [-0.1, -0.05) is 6.92 Å². The van der Waals surface area contributed by atoms with Gasteiger partial charge in [-0.25, -0.2) is 33.4 Å². The maximum atomic E-state index is 13.1. The lowest BCUT2D eigenvalue weighted by Gasteiger charge is -2.48. The topological polar surface area (TPSA) is 75.9 Å². The molecule has 2 saturated heterocycles. The molecule has 5 rings (SSSR count). The fourth-order valence-electron chi connectivity index (χ4n) is 4.82. The maximum absolute atomic E-state index is 13.1. The van der Waals surface area contributed by atoms with Crippen LogP contribution in [0.2, 0.25) is 0 Å². The molecule has 0 bridgehead atoms. The first-order chi connectivity index (χ1) is 16.1. The summed E-state index contributed by atoms with van der Waals surface area (Å²) in [5, 5.41) is 4.24. The number of fused-ring (bicyclic) bond motifs is 1. The first-order valence-corrected chi connectivity index (χ1v) is 11.0. The molecule has 13 heteroatoms. The lowest BCUT2D eigenvalue weighted by molar-refractivity contribution is -0.141. The number of alkyl halides is 5. The predicted octanol–water partition coefficient (Wildman–Crippen LogP) is 3.49. The van der Waals surface area contributed by atoms with Crippen molar-refractivity contribution in [3.8, 4) is 0 Å². The standard InChI is InChI=1S/C21H23F5N8/c1-3-13-18-19(34(31-13)8-15(22)23)30-17(7-27-18)32-5-4-20(9-32)10-33(11-20)16-6-14(21(24,25)26)28-12(2)29-16/h6-7,15H,3-5,8-11H2,1-2H3. The van der Waals surface area contributed by atoms with E-state index in [2.05, 4.69) is 25.0 Å². The second-order valence-corrected chi connectivity index (χ2v) is 8.96. The van der Waals surface area contributed by atoms with Gasteiger partial charge >= 0.3 is 6.18 Å². The third-order valence-corrected chi connectivity index (χ3v) is 6.40. The molecule has 0 N–H and O–H groups in total. The Bertz CT molecular complexity index is 1220. The Morgan fingerprint density at radius 2 is 1.79 bits per heavy atom. The number of anilines is 2. The fraction of sp³-hybridized carbons (Fsp3) is 0.571. The van der Waals surface area contributed by atoms with Crippen molar-refractivity contribution in [3.05, 3.63) is 29.5 Å². The molecule has 34 heavy (non-hydrogen) atoms. The zero-order chi connectivity index (χ0) is 24.3. The molecule has 0 saturated carbocycles. The van der Waals surface area contributed by atoms with Gasteiger partial charge in [0.05, 0.1) is 11.9 Å². The summed E-state index contributed by atoms with van der Waals surface area (Å²) < 4.78 is 66.6. The first kappa shape index (κ1) is 22.7. The van der Waals surface area contributed by atoms with Gasteiger partial charge in [-0.3, -0.25) is 0 Å². The zero-order valence-electron chi connectivity index (χ0n) is 18.6. The van der Waals surface area contributed by atoms with Crippen LogP contribution in [0, 0.1) is 12.3 Å². The Balaban J connectivity index is 1.33. The lowest BCUT2D eigenvalue weighted by Crippen LogP contribution is -2.58. The number of hydrogen-bond acceptors (Lipinski definition) is 7. The van der Waals surface area contributed by atoms with Gasteiger partial charge in [-0.15, -0.1) is 0 Å². The maximum Gasteiger partial charge on any atom is 0.433 e. The van der Waals surface area contributed by atoms with E-state index in [1.54, 1.807) is 6.20 Å². The highest BCUT2D eigenvalue weighted by atomic mass is 19.4. The minimum absolute atomic E-state index is 0.0780. The molecule has 5 heterocycles. The summed E-state index contributed by atoms with van der Waals surface area (Å²) in [5.74, 6) is 0.931. The van der Waals surface area contributed by atoms with Crippen LogP contribution in [-0.4, -0.2) is 62.3 Å². The van der Waals surface area contributed by atoms with E-state index >= 15 is 0 Å². The molecule has 2 aliphatic rings. The van der Waals surface area contributed by atoms with Crippen molar-refractivity contribution < 1.29 is 22.0 Å². The molecule has 2 fully saturated rings. The highest BCUT2D eigenvalue weighted by molar-refractivity contribution is 5.75. The van der Waals surface area contributed by atoms with Crippen LogP contribution >= 0.6 is 0 Å². The normalized spacial score (nSPS) is 17.9. The number of aryl methyl sites for hydroxylation is 2. The van der Waals surface area contributed by atoms with Crippen molar-refractivity contribution in [2.24, 2.45) is 5.41 Å². The van der Waals surface area contributed by atoms with Gasteiger partial charge in [0.15, 0.2) is 5.65 Å². The minimum Gasteiger partial charge on any atom is -0.355 e. The van der Waals surface area contributed by atoms with Crippen molar-refractivity contribution in [2.45, 2.75) is 45.8 Å². The van der Waals surface area contributed by atoms with E-state index in [1.165, 1.54) is 11.6 Å². The second kappa shape index (κ2) is 7.98. The smallest absolute Gasteiger partial charge is 0.355 e. The van der Waals surface area contributed by atoms with Gasteiger partial charge in [-0.05, 0) is 19.8 Å². The minimum atomic E-state index is -4.53. The summed E-state index contributed by atoms with van der Waals surface area (Å²) in [6.07, 6.45) is -4.06. The zero-order valence-corrected chi connectivity index (χ0v) is 18.6. The van der Waals surface area contributed by atoms with Gasteiger partial charge in [0, 0.05) is 37.7 Å². The molecule has 1 spiro atoms. The van der Waals surface area contributed by atoms with Crippen molar-refractivity contribution in [1.29, 1.82) is 0 Å². The summed E-state index contributed by atoms with van der Waals surface area (Å²) in [6.45, 7) is 5.24. The molecule has 182 valence electrons. The predicted molar refractivity (Wildman–Crippen MR) is 114 cm³/mol. The molecule has 0 radical (unpaired) electrons. The molecule has 3 aromatic rings. The van der Waals surface area contributed by atoms with Crippen LogP contribution in [0.15, 0.2) is 12.3 Å². The third kappa shape index (κ3) is 4.00. The van der Waals surface area contributed by atoms with E-state index in [0.717, 1.165) is 12.5 Å². The molecular weight excluding hydrogens is 459 g/mol. The molecule has 3 aromatic heterocycles. The lowest BCUT2D eigenvalue weighted by atomic mass is 9.79.